The highest BCUT2D eigenvalue weighted by atomic mass is 16.6. The first-order valence-electron chi connectivity index (χ1n) is 3.42. The topological polar surface area (TPSA) is 68.4 Å². The molecule has 0 radical (unpaired) electrons. The predicted octanol–water partition coefficient (Wildman–Crippen LogP) is -0.900. The maximum absolute atomic E-state index is 10.4. The summed E-state index contributed by atoms with van der Waals surface area (Å²) in [5.74, 6) is 0. The third kappa shape index (κ3) is 0.868. The van der Waals surface area contributed by atoms with Gasteiger partial charge in [-0.05, 0) is 12.1 Å². The smallest absolute Gasteiger partial charge is 0.259 e. The Bertz CT molecular complexity index is 452. The van der Waals surface area contributed by atoms with Crippen molar-refractivity contribution in [1.82, 2.24) is 4.98 Å². The van der Waals surface area contributed by atoms with Gasteiger partial charge in [0.15, 0.2) is 5.49 Å². The lowest BCUT2D eigenvalue weighted by atomic mass is 10.3. The van der Waals surface area contributed by atoms with Gasteiger partial charge in [-0.3, -0.25) is 15.1 Å². The van der Waals surface area contributed by atoms with Crippen molar-refractivity contribution in [3.8, 4) is 0 Å². The van der Waals surface area contributed by atoms with Gasteiger partial charge >= 0.3 is 0 Å². The summed E-state index contributed by atoms with van der Waals surface area (Å²) < 4.78 is 0. The summed E-state index contributed by atoms with van der Waals surface area (Å²) in [6.07, 6.45) is 1.57. The largest absolute Gasteiger partial charge is 0.278 e. The van der Waals surface area contributed by atoms with Crippen LogP contribution in [0.15, 0.2) is 23.3 Å². The highest BCUT2D eigenvalue weighted by Crippen LogP contribution is 1.95. The lowest BCUT2D eigenvalue weighted by molar-refractivity contribution is -0.379. The van der Waals surface area contributed by atoms with Gasteiger partial charge in [0, 0.05) is 6.20 Å². The summed E-state index contributed by atoms with van der Waals surface area (Å²) in [6, 6.07) is 3.33. The molecule has 5 nitrogen and oxygen atoms in total. The molecule has 0 saturated carbocycles. The van der Waals surface area contributed by atoms with E-state index in [1.54, 1.807) is 18.3 Å². The van der Waals surface area contributed by atoms with Crippen molar-refractivity contribution >= 4 is 5.70 Å². The van der Waals surface area contributed by atoms with Gasteiger partial charge in [-0.2, -0.15) is 0 Å². The average molecular weight is 163 g/mol. The van der Waals surface area contributed by atoms with Gasteiger partial charge in [0.25, 0.3) is 5.70 Å². The molecule has 1 aromatic rings. The number of aromatic nitrogens is 1. The summed E-state index contributed by atoms with van der Waals surface area (Å²) in [7, 11) is 0. The van der Waals surface area contributed by atoms with Crippen molar-refractivity contribution in [3.63, 3.8) is 0 Å². The molecule has 0 bridgehead atoms. The minimum atomic E-state index is -0.406. The molecular formula is C7H5N3O2. The van der Waals surface area contributed by atoms with Crippen molar-refractivity contribution in [2.24, 2.45) is 4.99 Å². The normalized spacial score (nSPS) is 13.8. The number of nitrogens with zero attached hydrogens (tertiary/aromatic N) is 3. The molecule has 2 heterocycles. The molecule has 0 aromatic carbocycles. The van der Waals surface area contributed by atoms with Gasteiger partial charge in [-0.15, -0.1) is 0 Å². The molecule has 5 heteroatoms. The molecule has 0 amide bonds. The molecule has 0 spiro atoms. The monoisotopic (exact) mass is 163 g/mol. The van der Waals surface area contributed by atoms with Gasteiger partial charge in [0.05, 0.1) is 10.1 Å². The van der Waals surface area contributed by atoms with E-state index in [0.29, 0.717) is 10.7 Å². The van der Waals surface area contributed by atoms with Crippen molar-refractivity contribution in [1.29, 1.82) is 0 Å². The molecule has 0 fully saturated rings. The van der Waals surface area contributed by atoms with E-state index >= 15 is 0 Å². The van der Waals surface area contributed by atoms with Crippen LogP contribution in [0.1, 0.15) is 0 Å². The third-order valence-corrected chi connectivity index (χ3v) is 1.70. The summed E-state index contributed by atoms with van der Waals surface area (Å²) in [5, 5.41) is 11.0. The summed E-state index contributed by atoms with van der Waals surface area (Å²) in [6.45, 7) is 0.138. The number of rotatable bonds is 1. The zero-order valence-electron chi connectivity index (χ0n) is 6.10. The van der Waals surface area contributed by atoms with E-state index in [-0.39, 0.29) is 12.2 Å². The first kappa shape index (κ1) is 6.90. The number of fused-ring (bicyclic) bond motifs is 1. The van der Waals surface area contributed by atoms with E-state index in [2.05, 4.69) is 9.98 Å². The average Bonchev–Trinajstić information content (AvgIpc) is 2.47. The second kappa shape index (κ2) is 2.37. The van der Waals surface area contributed by atoms with Crippen LogP contribution in [0, 0.1) is 10.1 Å². The van der Waals surface area contributed by atoms with E-state index < -0.39 is 4.92 Å². The van der Waals surface area contributed by atoms with E-state index in [9.17, 15) is 10.1 Å². The highest BCUT2D eigenvalue weighted by Gasteiger charge is 2.16. The van der Waals surface area contributed by atoms with Crippen LogP contribution in [-0.4, -0.2) is 16.5 Å². The van der Waals surface area contributed by atoms with Crippen LogP contribution in [0.2, 0.25) is 0 Å². The van der Waals surface area contributed by atoms with Crippen molar-refractivity contribution in [2.75, 3.05) is 6.54 Å². The number of pyridine rings is 1. The Balaban J connectivity index is 2.82. The van der Waals surface area contributed by atoms with E-state index in [4.69, 9.17) is 0 Å². The van der Waals surface area contributed by atoms with E-state index in [1.165, 1.54) is 0 Å². The Kier molecular flexibility index (Phi) is 1.36. The maximum Gasteiger partial charge on any atom is 0.278 e. The zero-order chi connectivity index (χ0) is 8.55. The number of hydrogen-bond donors (Lipinski definition) is 0. The van der Waals surface area contributed by atoms with Gasteiger partial charge in [-0.1, -0.05) is 0 Å². The first-order valence-corrected chi connectivity index (χ1v) is 3.42. The molecule has 1 aromatic heterocycles. The number of nitro groups is 1. The fourth-order valence-corrected chi connectivity index (χ4v) is 1.14. The van der Waals surface area contributed by atoms with Gasteiger partial charge < -0.3 is 0 Å². The van der Waals surface area contributed by atoms with Crippen LogP contribution in [0.3, 0.4) is 0 Å². The van der Waals surface area contributed by atoms with Crippen LogP contribution in [0.4, 0.5) is 0 Å². The molecule has 2 rings (SSSR count). The Morgan fingerprint density at radius 1 is 1.58 bits per heavy atom. The second-order valence-electron chi connectivity index (χ2n) is 2.39. The summed E-state index contributed by atoms with van der Waals surface area (Å²) in [5.41, 5.74) is 0.613. The Morgan fingerprint density at radius 3 is 3.17 bits per heavy atom. The molecule has 0 unspecified atom stereocenters. The van der Waals surface area contributed by atoms with Crippen LogP contribution in [-0.2, 0) is 0 Å². The molecule has 12 heavy (non-hydrogen) atoms. The van der Waals surface area contributed by atoms with Crippen molar-refractivity contribution in [3.05, 3.63) is 39.2 Å². The predicted molar refractivity (Wildman–Crippen MR) is 40.3 cm³/mol. The molecule has 0 aliphatic carbocycles. The van der Waals surface area contributed by atoms with Crippen LogP contribution in [0.5, 0.6) is 0 Å². The van der Waals surface area contributed by atoms with Gasteiger partial charge in [-0.25, -0.2) is 4.98 Å². The van der Waals surface area contributed by atoms with E-state index in [1.807, 2.05) is 0 Å². The third-order valence-electron chi connectivity index (χ3n) is 1.70. The van der Waals surface area contributed by atoms with Gasteiger partial charge in [0.2, 0.25) is 0 Å². The Morgan fingerprint density at radius 2 is 2.42 bits per heavy atom. The standard InChI is InChI=1S/C7H5N3O2/c11-10(12)6-4-9-7-5(6)2-1-3-8-7/h1-3H,4H2. The quantitative estimate of drug-likeness (QED) is 0.398. The molecular weight excluding hydrogens is 158 g/mol. The summed E-state index contributed by atoms with van der Waals surface area (Å²) >= 11 is 0. The SMILES string of the molecule is O=[N+]([O-])C1=c2cccnc2=NC1. The van der Waals surface area contributed by atoms with Crippen LogP contribution >= 0.6 is 0 Å². The Hall–Kier alpha value is -1.78. The summed E-state index contributed by atoms with van der Waals surface area (Å²) in [4.78, 5) is 17.9. The van der Waals surface area contributed by atoms with Crippen molar-refractivity contribution < 1.29 is 4.92 Å². The maximum atomic E-state index is 10.4. The lowest BCUT2D eigenvalue weighted by Gasteiger charge is -1.85. The van der Waals surface area contributed by atoms with Crippen molar-refractivity contribution in [2.45, 2.75) is 0 Å². The number of hydrogen-bond acceptors (Lipinski definition) is 4. The molecule has 0 N–H and O–H groups in total. The lowest BCUT2D eigenvalue weighted by Crippen LogP contribution is -2.27. The van der Waals surface area contributed by atoms with E-state index in [0.717, 1.165) is 0 Å². The van der Waals surface area contributed by atoms with Crippen LogP contribution < -0.4 is 10.7 Å². The van der Waals surface area contributed by atoms with Crippen LogP contribution in [0.25, 0.3) is 5.70 Å². The fraction of sp³-hybridized carbons (Fsp3) is 0.143. The van der Waals surface area contributed by atoms with Gasteiger partial charge in [0.1, 0.15) is 6.54 Å². The molecule has 0 saturated heterocycles. The molecule has 60 valence electrons. The molecule has 1 aliphatic heterocycles. The molecule has 1 aliphatic rings. The zero-order valence-corrected chi connectivity index (χ0v) is 6.10. The molecule has 0 atom stereocenters. The minimum Gasteiger partial charge on any atom is -0.259 e. The highest BCUT2D eigenvalue weighted by molar-refractivity contribution is 5.38. The minimum absolute atomic E-state index is 0.137. The second-order valence-corrected chi connectivity index (χ2v) is 2.39. The first-order chi connectivity index (χ1) is 5.79. The fourth-order valence-electron chi connectivity index (χ4n) is 1.14. The Labute approximate surface area is 67.2 Å².